The van der Waals surface area contributed by atoms with E-state index in [2.05, 4.69) is 15.9 Å². The Hall–Kier alpha value is -1.16. The van der Waals surface area contributed by atoms with E-state index in [1.807, 2.05) is 6.07 Å². The molecule has 1 atom stereocenters. The molecule has 0 aliphatic heterocycles. The highest BCUT2D eigenvalue weighted by molar-refractivity contribution is 9.10. The molecule has 0 amide bonds. The van der Waals surface area contributed by atoms with Gasteiger partial charge in [-0.25, -0.2) is 0 Å². The second-order valence-electron chi connectivity index (χ2n) is 3.77. The SMILES string of the molecule is O=C(c1c(Cl)cccc1Br)C(O)c1ccccc1. The van der Waals surface area contributed by atoms with Gasteiger partial charge in [0.1, 0.15) is 6.10 Å². The van der Waals surface area contributed by atoms with Gasteiger partial charge in [0, 0.05) is 4.47 Å². The summed E-state index contributed by atoms with van der Waals surface area (Å²) in [6.07, 6.45) is -1.21. The third kappa shape index (κ3) is 2.64. The molecule has 0 radical (unpaired) electrons. The van der Waals surface area contributed by atoms with Crippen LogP contribution >= 0.6 is 27.5 Å². The van der Waals surface area contributed by atoms with Crippen LogP contribution in [0.15, 0.2) is 53.0 Å². The molecule has 2 aromatic carbocycles. The highest BCUT2D eigenvalue weighted by Gasteiger charge is 2.23. The molecule has 92 valence electrons. The van der Waals surface area contributed by atoms with Crippen molar-refractivity contribution < 1.29 is 9.90 Å². The standard InChI is InChI=1S/C14H10BrClO2/c15-10-7-4-8-11(16)12(10)14(18)13(17)9-5-2-1-3-6-9/h1-8,13,17H. The summed E-state index contributed by atoms with van der Waals surface area (Å²) in [7, 11) is 0. The van der Waals surface area contributed by atoms with Gasteiger partial charge in [0.25, 0.3) is 0 Å². The summed E-state index contributed by atoms with van der Waals surface area (Å²) in [6, 6.07) is 13.8. The molecule has 4 heteroatoms. The number of rotatable bonds is 3. The Morgan fingerprint density at radius 1 is 1.11 bits per heavy atom. The van der Waals surface area contributed by atoms with E-state index in [1.54, 1.807) is 42.5 Å². The van der Waals surface area contributed by atoms with Gasteiger partial charge in [-0.15, -0.1) is 0 Å². The van der Waals surface area contributed by atoms with Crippen LogP contribution in [0.25, 0.3) is 0 Å². The predicted molar refractivity (Wildman–Crippen MR) is 74.9 cm³/mol. The minimum Gasteiger partial charge on any atom is -0.380 e. The van der Waals surface area contributed by atoms with Gasteiger partial charge >= 0.3 is 0 Å². The van der Waals surface area contributed by atoms with Gasteiger partial charge in [0.15, 0.2) is 5.78 Å². The van der Waals surface area contributed by atoms with Crippen LogP contribution < -0.4 is 0 Å². The first kappa shape index (κ1) is 13.3. The van der Waals surface area contributed by atoms with E-state index in [0.717, 1.165) is 0 Å². The molecule has 0 saturated carbocycles. The van der Waals surface area contributed by atoms with Crippen LogP contribution in [0.5, 0.6) is 0 Å². The second kappa shape index (κ2) is 5.65. The first-order valence-corrected chi connectivity index (χ1v) is 6.49. The summed E-state index contributed by atoms with van der Waals surface area (Å²) >= 11 is 9.27. The summed E-state index contributed by atoms with van der Waals surface area (Å²) in [4.78, 5) is 12.2. The fraction of sp³-hybridized carbons (Fsp3) is 0.0714. The molecule has 0 fully saturated rings. The molecule has 0 saturated heterocycles. The molecular formula is C14H10BrClO2. The average molecular weight is 326 g/mol. The normalized spacial score (nSPS) is 12.2. The lowest BCUT2D eigenvalue weighted by Crippen LogP contribution is -2.13. The summed E-state index contributed by atoms with van der Waals surface area (Å²) in [6.45, 7) is 0. The number of aliphatic hydroxyl groups excluding tert-OH is 1. The van der Waals surface area contributed by atoms with Crippen molar-refractivity contribution in [3.63, 3.8) is 0 Å². The van der Waals surface area contributed by atoms with E-state index in [0.29, 0.717) is 20.6 Å². The zero-order valence-electron chi connectivity index (χ0n) is 9.31. The molecular weight excluding hydrogens is 316 g/mol. The number of aliphatic hydroxyl groups is 1. The molecule has 1 unspecified atom stereocenters. The molecule has 18 heavy (non-hydrogen) atoms. The maximum Gasteiger partial charge on any atom is 0.198 e. The van der Waals surface area contributed by atoms with Crippen molar-refractivity contribution in [3.8, 4) is 0 Å². The Morgan fingerprint density at radius 3 is 2.39 bits per heavy atom. The second-order valence-corrected chi connectivity index (χ2v) is 5.04. The van der Waals surface area contributed by atoms with Gasteiger partial charge in [-0.05, 0) is 33.6 Å². The van der Waals surface area contributed by atoms with Gasteiger partial charge in [-0.2, -0.15) is 0 Å². The number of benzene rings is 2. The number of carbonyl (C=O) groups excluding carboxylic acids is 1. The van der Waals surface area contributed by atoms with Crippen LogP contribution in [-0.2, 0) is 0 Å². The summed E-state index contributed by atoms with van der Waals surface area (Å²) < 4.78 is 0.579. The van der Waals surface area contributed by atoms with Crippen molar-refractivity contribution in [1.82, 2.24) is 0 Å². The number of halogens is 2. The molecule has 0 heterocycles. The Labute approximate surface area is 118 Å². The minimum absolute atomic E-state index is 0.301. The fourth-order valence-electron chi connectivity index (χ4n) is 1.66. The molecule has 0 aromatic heterocycles. The zero-order chi connectivity index (χ0) is 13.1. The number of carbonyl (C=O) groups is 1. The molecule has 0 aliphatic rings. The Balaban J connectivity index is 2.38. The lowest BCUT2D eigenvalue weighted by molar-refractivity contribution is 0.0747. The molecule has 2 nitrogen and oxygen atoms in total. The molecule has 0 aliphatic carbocycles. The first-order valence-electron chi connectivity index (χ1n) is 5.32. The third-order valence-corrected chi connectivity index (χ3v) is 3.55. The molecule has 2 aromatic rings. The first-order chi connectivity index (χ1) is 8.61. The van der Waals surface area contributed by atoms with Gasteiger partial charge in [-0.3, -0.25) is 4.79 Å². The molecule has 2 rings (SSSR count). The van der Waals surface area contributed by atoms with Crippen LogP contribution in [0.2, 0.25) is 5.02 Å². The topological polar surface area (TPSA) is 37.3 Å². The summed E-state index contributed by atoms with van der Waals surface area (Å²) in [5.74, 6) is -0.418. The van der Waals surface area contributed by atoms with Gasteiger partial charge < -0.3 is 5.11 Å². The van der Waals surface area contributed by atoms with Crippen LogP contribution in [0.1, 0.15) is 22.0 Å². The van der Waals surface area contributed by atoms with Crippen molar-refractivity contribution in [2.75, 3.05) is 0 Å². The minimum atomic E-state index is -1.21. The van der Waals surface area contributed by atoms with Crippen molar-refractivity contribution in [2.45, 2.75) is 6.10 Å². The summed E-state index contributed by atoms with van der Waals surface area (Å²) in [5, 5.41) is 10.4. The fourth-order valence-corrected chi connectivity index (χ4v) is 2.60. The maximum absolute atomic E-state index is 12.2. The molecule has 0 bridgehead atoms. The van der Waals surface area contributed by atoms with Gasteiger partial charge in [0.05, 0.1) is 10.6 Å². The number of hydrogen-bond donors (Lipinski definition) is 1. The highest BCUT2D eigenvalue weighted by atomic mass is 79.9. The van der Waals surface area contributed by atoms with E-state index in [4.69, 9.17) is 11.6 Å². The van der Waals surface area contributed by atoms with Crippen LogP contribution in [0.3, 0.4) is 0 Å². The van der Waals surface area contributed by atoms with Crippen molar-refractivity contribution >= 4 is 33.3 Å². The highest BCUT2D eigenvalue weighted by Crippen LogP contribution is 2.29. The van der Waals surface area contributed by atoms with E-state index < -0.39 is 11.9 Å². The monoisotopic (exact) mass is 324 g/mol. The number of ketones is 1. The lowest BCUT2D eigenvalue weighted by atomic mass is 10.00. The van der Waals surface area contributed by atoms with E-state index in [1.165, 1.54) is 0 Å². The Morgan fingerprint density at radius 2 is 1.78 bits per heavy atom. The number of hydrogen-bond acceptors (Lipinski definition) is 2. The van der Waals surface area contributed by atoms with Crippen molar-refractivity contribution in [1.29, 1.82) is 0 Å². The largest absolute Gasteiger partial charge is 0.380 e. The lowest BCUT2D eigenvalue weighted by Gasteiger charge is -2.12. The smallest absolute Gasteiger partial charge is 0.198 e. The van der Waals surface area contributed by atoms with Gasteiger partial charge in [0.2, 0.25) is 0 Å². The van der Waals surface area contributed by atoms with E-state index in [-0.39, 0.29) is 0 Å². The number of Topliss-reactive ketones (excluding diaryl/α,β-unsaturated/α-hetero) is 1. The van der Waals surface area contributed by atoms with Crippen LogP contribution in [0.4, 0.5) is 0 Å². The average Bonchev–Trinajstić information content (AvgIpc) is 2.38. The summed E-state index contributed by atoms with van der Waals surface area (Å²) in [5.41, 5.74) is 0.852. The van der Waals surface area contributed by atoms with Crippen LogP contribution in [-0.4, -0.2) is 10.9 Å². The van der Waals surface area contributed by atoms with Crippen molar-refractivity contribution in [3.05, 3.63) is 69.2 Å². The van der Waals surface area contributed by atoms with E-state index >= 15 is 0 Å². The third-order valence-electron chi connectivity index (χ3n) is 2.57. The quantitative estimate of drug-likeness (QED) is 0.866. The predicted octanol–water partition coefficient (Wildman–Crippen LogP) is 4.02. The molecule has 0 spiro atoms. The zero-order valence-corrected chi connectivity index (χ0v) is 11.6. The Bertz CT molecular complexity index is 549. The van der Waals surface area contributed by atoms with E-state index in [9.17, 15) is 9.90 Å². The van der Waals surface area contributed by atoms with Gasteiger partial charge in [-0.1, -0.05) is 48.0 Å². The molecule has 1 N–H and O–H groups in total. The van der Waals surface area contributed by atoms with Crippen LogP contribution in [0, 0.1) is 0 Å². The Kier molecular flexibility index (Phi) is 4.17. The maximum atomic E-state index is 12.2. The van der Waals surface area contributed by atoms with Crippen molar-refractivity contribution in [2.24, 2.45) is 0 Å².